The standard InChI is InChI=1S/C17H29N3/c1-13-7-8-15(11-14(13)2)17(18-3)16-12-19(4)9-6-10-20(16)5/h7-8,11,16-18H,6,9-10,12H2,1-5H3. The molecular weight excluding hydrogens is 246 g/mol. The zero-order valence-electron chi connectivity index (χ0n) is 13.6. The molecule has 1 fully saturated rings. The van der Waals surface area contributed by atoms with E-state index in [1.807, 2.05) is 0 Å². The second-order valence-electron chi connectivity index (χ2n) is 6.27. The summed E-state index contributed by atoms with van der Waals surface area (Å²) in [6, 6.07) is 7.78. The molecule has 0 radical (unpaired) electrons. The lowest BCUT2D eigenvalue weighted by molar-refractivity contribution is 0.182. The smallest absolute Gasteiger partial charge is 0.0488 e. The molecule has 2 rings (SSSR count). The summed E-state index contributed by atoms with van der Waals surface area (Å²) in [6.07, 6.45) is 1.26. The van der Waals surface area contributed by atoms with Crippen molar-refractivity contribution in [2.75, 3.05) is 40.8 Å². The molecule has 0 aliphatic carbocycles. The van der Waals surface area contributed by atoms with Gasteiger partial charge in [0, 0.05) is 18.6 Å². The Balaban J connectivity index is 2.27. The number of aryl methyl sites for hydroxylation is 2. The van der Waals surface area contributed by atoms with Crippen LogP contribution in [0.1, 0.15) is 29.2 Å². The van der Waals surface area contributed by atoms with Crippen LogP contribution in [-0.4, -0.2) is 56.6 Å². The normalized spacial score (nSPS) is 23.6. The molecule has 1 saturated heterocycles. The van der Waals surface area contributed by atoms with Crippen molar-refractivity contribution in [3.05, 3.63) is 34.9 Å². The summed E-state index contributed by atoms with van der Waals surface area (Å²) >= 11 is 0. The summed E-state index contributed by atoms with van der Waals surface area (Å²) in [4.78, 5) is 4.97. The van der Waals surface area contributed by atoms with Gasteiger partial charge in [-0.3, -0.25) is 0 Å². The number of nitrogens with zero attached hydrogens (tertiary/aromatic N) is 2. The quantitative estimate of drug-likeness (QED) is 0.912. The van der Waals surface area contributed by atoms with Gasteiger partial charge in [0.15, 0.2) is 0 Å². The van der Waals surface area contributed by atoms with Gasteiger partial charge in [-0.1, -0.05) is 18.2 Å². The zero-order valence-corrected chi connectivity index (χ0v) is 13.6. The first-order valence-electron chi connectivity index (χ1n) is 7.66. The molecule has 1 aromatic carbocycles. The maximum atomic E-state index is 3.55. The van der Waals surface area contributed by atoms with Crippen molar-refractivity contribution in [2.45, 2.75) is 32.4 Å². The number of likely N-dealkylation sites (N-methyl/N-ethyl adjacent to an activating group) is 3. The maximum Gasteiger partial charge on any atom is 0.0488 e. The lowest BCUT2D eigenvalue weighted by atomic mass is 9.95. The molecule has 0 saturated carbocycles. The van der Waals surface area contributed by atoms with Gasteiger partial charge in [-0.15, -0.1) is 0 Å². The van der Waals surface area contributed by atoms with Gasteiger partial charge in [0.05, 0.1) is 0 Å². The highest BCUT2D eigenvalue weighted by atomic mass is 15.2. The maximum absolute atomic E-state index is 3.55. The molecule has 0 aromatic heterocycles. The summed E-state index contributed by atoms with van der Waals surface area (Å²) in [5.41, 5.74) is 4.16. The van der Waals surface area contributed by atoms with Crippen LogP contribution in [0.3, 0.4) is 0 Å². The van der Waals surface area contributed by atoms with Gasteiger partial charge in [-0.2, -0.15) is 0 Å². The van der Waals surface area contributed by atoms with Crippen LogP contribution in [0.15, 0.2) is 18.2 Å². The number of hydrogen-bond donors (Lipinski definition) is 1. The van der Waals surface area contributed by atoms with Crippen molar-refractivity contribution >= 4 is 0 Å². The van der Waals surface area contributed by atoms with Gasteiger partial charge in [0.2, 0.25) is 0 Å². The molecule has 112 valence electrons. The average molecular weight is 275 g/mol. The Kier molecular flexibility index (Phi) is 5.19. The fourth-order valence-corrected chi connectivity index (χ4v) is 3.21. The minimum atomic E-state index is 0.389. The predicted molar refractivity (Wildman–Crippen MR) is 86.2 cm³/mol. The minimum Gasteiger partial charge on any atom is -0.312 e. The number of rotatable bonds is 3. The Morgan fingerprint density at radius 3 is 2.55 bits per heavy atom. The molecule has 3 heteroatoms. The lowest BCUT2D eigenvalue weighted by Gasteiger charge is -2.35. The monoisotopic (exact) mass is 275 g/mol. The van der Waals surface area contributed by atoms with Gasteiger partial charge in [0.25, 0.3) is 0 Å². The lowest BCUT2D eigenvalue weighted by Crippen LogP contribution is -2.46. The summed E-state index contributed by atoms with van der Waals surface area (Å²) in [7, 11) is 6.58. The minimum absolute atomic E-state index is 0.389. The largest absolute Gasteiger partial charge is 0.312 e. The van der Waals surface area contributed by atoms with Crippen molar-refractivity contribution in [1.82, 2.24) is 15.1 Å². The van der Waals surface area contributed by atoms with Crippen molar-refractivity contribution in [1.29, 1.82) is 0 Å². The van der Waals surface area contributed by atoms with Crippen LogP contribution in [0.5, 0.6) is 0 Å². The van der Waals surface area contributed by atoms with E-state index < -0.39 is 0 Å². The van der Waals surface area contributed by atoms with E-state index in [4.69, 9.17) is 0 Å². The summed E-state index contributed by atoms with van der Waals surface area (Å²) in [5.74, 6) is 0. The van der Waals surface area contributed by atoms with Crippen molar-refractivity contribution in [2.24, 2.45) is 0 Å². The first-order valence-corrected chi connectivity index (χ1v) is 7.66. The molecule has 2 atom stereocenters. The van der Waals surface area contributed by atoms with E-state index in [0.29, 0.717) is 12.1 Å². The van der Waals surface area contributed by atoms with Crippen LogP contribution >= 0.6 is 0 Å². The molecule has 1 N–H and O–H groups in total. The van der Waals surface area contributed by atoms with Crippen LogP contribution in [-0.2, 0) is 0 Å². The Morgan fingerprint density at radius 2 is 1.90 bits per heavy atom. The van der Waals surface area contributed by atoms with Crippen LogP contribution < -0.4 is 5.32 Å². The molecule has 1 aliphatic rings. The molecular formula is C17H29N3. The number of hydrogen-bond acceptors (Lipinski definition) is 3. The first kappa shape index (κ1) is 15.5. The van der Waals surface area contributed by atoms with Gasteiger partial charge in [-0.25, -0.2) is 0 Å². The van der Waals surface area contributed by atoms with E-state index in [-0.39, 0.29) is 0 Å². The SMILES string of the molecule is CNC(c1ccc(C)c(C)c1)C1CN(C)CCCN1C. The van der Waals surface area contributed by atoms with E-state index >= 15 is 0 Å². The first-order chi connectivity index (χ1) is 9.52. The van der Waals surface area contributed by atoms with Crippen molar-refractivity contribution in [3.8, 4) is 0 Å². The molecule has 0 spiro atoms. The van der Waals surface area contributed by atoms with E-state index in [9.17, 15) is 0 Å². The van der Waals surface area contributed by atoms with Crippen molar-refractivity contribution < 1.29 is 0 Å². The predicted octanol–water partition coefficient (Wildman–Crippen LogP) is 2.20. The average Bonchev–Trinajstić information content (AvgIpc) is 2.57. The fourth-order valence-electron chi connectivity index (χ4n) is 3.21. The molecule has 0 amide bonds. The highest BCUT2D eigenvalue weighted by Crippen LogP contribution is 2.24. The topological polar surface area (TPSA) is 18.5 Å². The summed E-state index contributed by atoms with van der Waals surface area (Å²) in [6.45, 7) is 7.88. The van der Waals surface area contributed by atoms with E-state index in [1.54, 1.807) is 0 Å². The molecule has 3 nitrogen and oxygen atoms in total. The third kappa shape index (κ3) is 3.40. The second kappa shape index (κ2) is 6.70. The Labute approximate surface area is 124 Å². The van der Waals surface area contributed by atoms with Crippen molar-refractivity contribution in [3.63, 3.8) is 0 Å². The summed E-state index contributed by atoms with van der Waals surface area (Å²) < 4.78 is 0. The van der Waals surface area contributed by atoms with E-state index in [2.05, 4.69) is 68.3 Å². The fraction of sp³-hybridized carbons (Fsp3) is 0.647. The van der Waals surface area contributed by atoms with Gasteiger partial charge in [0.1, 0.15) is 0 Å². The van der Waals surface area contributed by atoms with E-state index in [1.165, 1.54) is 36.2 Å². The highest BCUT2D eigenvalue weighted by Gasteiger charge is 2.28. The molecule has 1 heterocycles. The number of nitrogens with one attached hydrogen (secondary N) is 1. The molecule has 1 aromatic rings. The zero-order chi connectivity index (χ0) is 14.7. The van der Waals surface area contributed by atoms with Crippen LogP contribution in [0.2, 0.25) is 0 Å². The Morgan fingerprint density at radius 1 is 1.15 bits per heavy atom. The molecule has 1 aliphatic heterocycles. The van der Waals surface area contributed by atoms with Gasteiger partial charge >= 0.3 is 0 Å². The Bertz CT molecular complexity index is 444. The van der Waals surface area contributed by atoms with Gasteiger partial charge < -0.3 is 15.1 Å². The molecule has 20 heavy (non-hydrogen) atoms. The third-order valence-corrected chi connectivity index (χ3v) is 4.70. The highest BCUT2D eigenvalue weighted by molar-refractivity contribution is 5.32. The van der Waals surface area contributed by atoms with Crippen LogP contribution in [0.4, 0.5) is 0 Å². The number of benzene rings is 1. The second-order valence-corrected chi connectivity index (χ2v) is 6.27. The van der Waals surface area contributed by atoms with Crippen LogP contribution in [0, 0.1) is 13.8 Å². The van der Waals surface area contributed by atoms with Gasteiger partial charge in [-0.05, 0) is 71.2 Å². The third-order valence-electron chi connectivity index (χ3n) is 4.70. The molecule has 2 unspecified atom stereocenters. The molecule has 0 bridgehead atoms. The van der Waals surface area contributed by atoms with E-state index in [0.717, 1.165) is 6.54 Å². The summed E-state index contributed by atoms with van der Waals surface area (Å²) in [5, 5.41) is 3.55. The van der Waals surface area contributed by atoms with Crippen LogP contribution in [0.25, 0.3) is 0 Å². The Hall–Kier alpha value is -0.900.